The highest BCUT2D eigenvalue weighted by atomic mass is 16.5. The number of hydrogen-bond donors (Lipinski definition) is 2. The molecule has 2 aromatic carbocycles. The van der Waals surface area contributed by atoms with Crippen molar-refractivity contribution in [3.8, 4) is 28.6 Å². The summed E-state index contributed by atoms with van der Waals surface area (Å²) in [5.74, 6) is 3.53. The zero-order valence-electron chi connectivity index (χ0n) is 15.8. The molecule has 2 aromatic heterocycles. The van der Waals surface area contributed by atoms with Crippen molar-refractivity contribution in [1.29, 1.82) is 0 Å². The molecule has 0 amide bonds. The predicted octanol–water partition coefficient (Wildman–Crippen LogP) is 4.39. The number of hydrogen-bond acceptors (Lipinski definition) is 6. The van der Waals surface area contributed by atoms with E-state index in [2.05, 4.69) is 15.3 Å². The molecule has 4 rings (SSSR count). The average Bonchev–Trinajstić information content (AvgIpc) is 3.19. The van der Waals surface area contributed by atoms with E-state index in [9.17, 15) is 0 Å². The van der Waals surface area contributed by atoms with Crippen molar-refractivity contribution in [2.24, 2.45) is 0 Å². The maximum Gasteiger partial charge on any atom is 0.162 e. The number of nitrogens with zero attached hydrogens (tertiary/aromatic N) is 2. The van der Waals surface area contributed by atoms with Gasteiger partial charge in [-0.3, -0.25) is 0 Å². The second-order valence-corrected chi connectivity index (χ2v) is 6.06. The molecule has 7 nitrogen and oxygen atoms in total. The standard InChI is InChI=1S/C21H20N4O3/c1-26-15-7-4-13(5-8-15)20-24-16-10-11-22-21(19(16)25-20)23-14-6-9-17(27-2)18(12-14)28-3/h4-12H,1-3H3,(H,22,23)(H,24,25). The van der Waals surface area contributed by atoms with Gasteiger partial charge in [0.1, 0.15) is 17.1 Å². The minimum atomic E-state index is 0.639. The molecule has 2 N–H and O–H groups in total. The largest absolute Gasteiger partial charge is 0.497 e. The lowest BCUT2D eigenvalue weighted by Crippen LogP contribution is -1.96. The first kappa shape index (κ1) is 17.7. The number of imidazole rings is 1. The van der Waals surface area contributed by atoms with Crippen molar-refractivity contribution >= 4 is 22.5 Å². The zero-order valence-corrected chi connectivity index (χ0v) is 15.8. The van der Waals surface area contributed by atoms with Gasteiger partial charge >= 0.3 is 0 Å². The lowest BCUT2D eigenvalue weighted by Gasteiger charge is -2.11. The van der Waals surface area contributed by atoms with Crippen LogP contribution in [0.25, 0.3) is 22.4 Å². The molecule has 0 unspecified atom stereocenters. The molecule has 0 aliphatic carbocycles. The molecule has 2 heterocycles. The highest BCUT2D eigenvalue weighted by molar-refractivity contribution is 5.90. The third-order valence-electron chi connectivity index (χ3n) is 4.41. The summed E-state index contributed by atoms with van der Waals surface area (Å²) < 4.78 is 15.9. The van der Waals surface area contributed by atoms with Crippen LogP contribution >= 0.6 is 0 Å². The quantitative estimate of drug-likeness (QED) is 0.519. The molecule has 4 aromatic rings. The van der Waals surface area contributed by atoms with Crippen molar-refractivity contribution in [3.05, 3.63) is 54.7 Å². The Balaban J connectivity index is 1.69. The van der Waals surface area contributed by atoms with Crippen molar-refractivity contribution < 1.29 is 14.2 Å². The fraction of sp³-hybridized carbons (Fsp3) is 0.143. The molecule has 0 saturated carbocycles. The third-order valence-corrected chi connectivity index (χ3v) is 4.41. The minimum absolute atomic E-state index is 0.639. The molecule has 0 bridgehead atoms. The number of methoxy groups -OCH3 is 3. The molecule has 0 aliphatic heterocycles. The van der Waals surface area contributed by atoms with Crippen LogP contribution in [0.5, 0.6) is 17.2 Å². The van der Waals surface area contributed by atoms with Gasteiger partial charge in [0.2, 0.25) is 0 Å². The molecule has 7 heteroatoms. The lowest BCUT2D eigenvalue weighted by atomic mass is 10.2. The van der Waals surface area contributed by atoms with Crippen LogP contribution in [0.1, 0.15) is 0 Å². The molecule has 0 radical (unpaired) electrons. The van der Waals surface area contributed by atoms with Gasteiger partial charge in [0.25, 0.3) is 0 Å². The topological polar surface area (TPSA) is 81.3 Å². The lowest BCUT2D eigenvalue weighted by molar-refractivity contribution is 0.355. The normalized spacial score (nSPS) is 10.7. The predicted molar refractivity (Wildman–Crippen MR) is 109 cm³/mol. The van der Waals surface area contributed by atoms with Gasteiger partial charge in [-0.2, -0.15) is 0 Å². The molecular weight excluding hydrogens is 356 g/mol. The van der Waals surface area contributed by atoms with E-state index < -0.39 is 0 Å². The number of aromatic nitrogens is 3. The fourth-order valence-electron chi connectivity index (χ4n) is 2.96. The minimum Gasteiger partial charge on any atom is -0.497 e. The zero-order chi connectivity index (χ0) is 19.5. The Hall–Kier alpha value is -3.74. The van der Waals surface area contributed by atoms with Gasteiger partial charge in [-0.1, -0.05) is 0 Å². The SMILES string of the molecule is COc1ccc(-c2nc3c(Nc4ccc(OC)c(OC)c4)nccc3[nH]2)cc1. The van der Waals surface area contributed by atoms with Gasteiger partial charge in [-0.05, 0) is 42.5 Å². The van der Waals surface area contributed by atoms with E-state index in [1.807, 2.05) is 48.5 Å². The number of pyridine rings is 1. The first-order chi connectivity index (χ1) is 13.7. The third kappa shape index (κ3) is 3.29. The van der Waals surface area contributed by atoms with Gasteiger partial charge in [0.15, 0.2) is 17.3 Å². The van der Waals surface area contributed by atoms with Crippen LogP contribution in [0.3, 0.4) is 0 Å². The Morgan fingerprint density at radius 3 is 2.36 bits per heavy atom. The summed E-state index contributed by atoms with van der Waals surface area (Å²) in [7, 11) is 4.86. The maximum atomic E-state index is 5.37. The van der Waals surface area contributed by atoms with Gasteiger partial charge in [0.05, 0.1) is 26.8 Å². The highest BCUT2D eigenvalue weighted by Gasteiger charge is 2.12. The van der Waals surface area contributed by atoms with Gasteiger partial charge in [-0.15, -0.1) is 0 Å². The molecule has 0 fully saturated rings. The van der Waals surface area contributed by atoms with Crippen LogP contribution in [-0.4, -0.2) is 36.3 Å². The molecule has 0 atom stereocenters. The second-order valence-electron chi connectivity index (χ2n) is 6.06. The highest BCUT2D eigenvalue weighted by Crippen LogP contribution is 2.32. The summed E-state index contributed by atoms with van der Waals surface area (Å²) >= 11 is 0. The van der Waals surface area contributed by atoms with E-state index >= 15 is 0 Å². The maximum absolute atomic E-state index is 5.37. The molecule has 0 aliphatic rings. The van der Waals surface area contributed by atoms with E-state index in [-0.39, 0.29) is 0 Å². The number of H-pyrrole nitrogens is 1. The molecule has 28 heavy (non-hydrogen) atoms. The second kappa shape index (κ2) is 7.48. The first-order valence-corrected chi connectivity index (χ1v) is 8.70. The summed E-state index contributed by atoms with van der Waals surface area (Å²) in [5, 5.41) is 3.31. The summed E-state index contributed by atoms with van der Waals surface area (Å²) in [6.45, 7) is 0. The summed E-state index contributed by atoms with van der Waals surface area (Å²) in [6, 6.07) is 15.2. The summed E-state index contributed by atoms with van der Waals surface area (Å²) in [4.78, 5) is 12.5. The number of nitrogens with one attached hydrogen (secondary N) is 2. The van der Waals surface area contributed by atoms with Crippen molar-refractivity contribution in [1.82, 2.24) is 15.0 Å². The number of rotatable bonds is 6. The Labute approximate surface area is 162 Å². The first-order valence-electron chi connectivity index (χ1n) is 8.70. The number of fused-ring (bicyclic) bond motifs is 1. The van der Waals surface area contributed by atoms with Crippen LogP contribution in [0.2, 0.25) is 0 Å². The Morgan fingerprint density at radius 2 is 1.64 bits per heavy atom. The van der Waals surface area contributed by atoms with Crippen LogP contribution in [0.15, 0.2) is 54.7 Å². The molecule has 142 valence electrons. The summed E-state index contributed by atoms with van der Waals surface area (Å²) in [6.07, 6.45) is 1.74. The van der Waals surface area contributed by atoms with Crippen molar-refractivity contribution in [2.75, 3.05) is 26.6 Å². The fourth-order valence-corrected chi connectivity index (χ4v) is 2.96. The number of anilines is 2. The van der Waals surface area contributed by atoms with Crippen LogP contribution in [0.4, 0.5) is 11.5 Å². The van der Waals surface area contributed by atoms with E-state index in [1.165, 1.54) is 0 Å². The van der Waals surface area contributed by atoms with Crippen LogP contribution in [0, 0.1) is 0 Å². The Bertz CT molecular complexity index is 1110. The van der Waals surface area contributed by atoms with Crippen molar-refractivity contribution in [2.45, 2.75) is 0 Å². The number of aromatic amines is 1. The van der Waals surface area contributed by atoms with E-state index in [0.717, 1.165) is 33.9 Å². The molecule has 0 spiro atoms. The van der Waals surface area contributed by atoms with Crippen LogP contribution < -0.4 is 19.5 Å². The smallest absolute Gasteiger partial charge is 0.162 e. The number of ether oxygens (including phenoxy) is 3. The van der Waals surface area contributed by atoms with Gasteiger partial charge in [-0.25, -0.2) is 9.97 Å². The average molecular weight is 376 g/mol. The Morgan fingerprint density at radius 1 is 0.857 bits per heavy atom. The molecular formula is C21H20N4O3. The van der Waals surface area contributed by atoms with E-state index in [0.29, 0.717) is 17.3 Å². The van der Waals surface area contributed by atoms with E-state index in [1.54, 1.807) is 27.5 Å². The Kier molecular flexibility index (Phi) is 4.72. The van der Waals surface area contributed by atoms with Gasteiger partial charge in [0, 0.05) is 23.5 Å². The van der Waals surface area contributed by atoms with Crippen LogP contribution in [-0.2, 0) is 0 Å². The monoisotopic (exact) mass is 376 g/mol. The number of benzene rings is 2. The molecule has 0 saturated heterocycles. The van der Waals surface area contributed by atoms with E-state index in [4.69, 9.17) is 19.2 Å². The van der Waals surface area contributed by atoms with Gasteiger partial charge < -0.3 is 24.5 Å². The van der Waals surface area contributed by atoms with Crippen molar-refractivity contribution in [3.63, 3.8) is 0 Å². The summed E-state index contributed by atoms with van der Waals surface area (Å²) in [5.41, 5.74) is 3.44.